The molecule has 1 aromatic rings. The topological polar surface area (TPSA) is 92.3 Å². The summed E-state index contributed by atoms with van der Waals surface area (Å²) in [5.41, 5.74) is 0.953. The molecule has 0 unspecified atom stereocenters. The van der Waals surface area contributed by atoms with Gasteiger partial charge in [-0.1, -0.05) is 0 Å². The van der Waals surface area contributed by atoms with Gasteiger partial charge in [0.1, 0.15) is 0 Å². The second kappa shape index (κ2) is 6.27. The van der Waals surface area contributed by atoms with E-state index in [0.29, 0.717) is 19.0 Å². The summed E-state index contributed by atoms with van der Waals surface area (Å²) in [4.78, 5) is 21.9. The van der Waals surface area contributed by atoms with Crippen LogP contribution in [-0.2, 0) is 14.8 Å². The number of piperidine rings is 1. The molecule has 1 amide bonds. The predicted molar refractivity (Wildman–Crippen MR) is 73.4 cm³/mol. The van der Waals surface area contributed by atoms with Crippen molar-refractivity contribution in [3.63, 3.8) is 0 Å². The van der Waals surface area contributed by atoms with Crippen molar-refractivity contribution in [2.24, 2.45) is 0 Å². The zero-order valence-electron chi connectivity index (χ0n) is 11.3. The van der Waals surface area contributed by atoms with Gasteiger partial charge in [-0.2, -0.15) is 0 Å². The third-order valence-electron chi connectivity index (χ3n) is 3.33. The average Bonchev–Trinajstić information content (AvgIpc) is 2.45. The number of hydrogen-bond donors (Lipinski definition) is 1. The average molecular weight is 298 g/mol. The molecule has 7 nitrogen and oxygen atoms in total. The summed E-state index contributed by atoms with van der Waals surface area (Å²) in [6.07, 6.45) is 7.75. The highest BCUT2D eigenvalue weighted by atomic mass is 32.2. The molecule has 2 heterocycles. The number of carbonyl (C=O) groups excluding carboxylic acids is 1. The van der Waals surface area contributed by atoms with Crippen LogP contribution in [0.4, 0.5) is 0 Å². The molecule has 1 saturated heterocycles. The van der Waals surface area contributed by atoms with Crippen LogP contribution >= 0.6 is 0 Å². The Bertz CT molecular complexity index is 553. The molecule has 1 aliphatic heterocycles. The summed E-state index contributed by atoms with van der Waals surface area (Å²) in [6, 6.07) is 0. The second-order valence-electron chi connectivity index (χ2n) is 4.88. The Kier molecular flexibility index (Phi) is 4.66. The van der Waals surface area contributed by atoms with Crippen LogP contribution in [0, 0.1) is 0 Å². The molecular weight excluding hydrogens is 280 g/mol. The van der Waals surface area contributed by atoms with Crippen LogP contribution in [0.2, 0.25) is 0 Å². The van der Waals surface area contributed by atoms with Gasteiger partial charge in [0.25, 0.3) is 0 Å². The van der Waals surface area contributed by atoms with Crippen molar-refractivity contribution in [2.75, 3.05) is 25.9 Å². The third kappa shape index (κ3) is 4.24. The van der Waals surface area contributed by atoms with Gasteiger partial charge < -0.3 is 4.90 Å². The highest BCUT2D eigenvalue weighted by Crippen LogP contribution is 2.25. The van der Waals surface area contributed by atoms with E-state index in [-0.39, 0.29) is 12.5 Å². The summed E-state index contributed by atoms with van der Waals surface area (Å²) in [5, 5.41) is 0. The Morgan fingerprint density at radius 1 is 1.40 bits per heavy atom. The van der Waals surface area contributed by atoms with Crippen LogP contribution in [0.25, 0.3) is 0 Å². The maximum Gasteiger partial charge on any atom is 0.237 e. The van der Waals surface area contributed by atoms with E-state index in [0.717, 1.165) is 24.8 Å². The van der Waals surface area contributed by atoms with E-state index in [9.17, 15) is 13.2 Å². The van der Waals surface area contributed by atoms with Crippen LogP contribution in [0.1, 0.15) is 24.5 Å². The molecule has 0 atom stereocenters. The molecule has 1 aliphatic rings. The number of nitrogens with one attached hydrogen (secondary N) is 1. The van der Waals surface area contributed by atoms with Gasteiger partial charge in [0, 0.05) is 37.6 Å². The zero-order chi connectivity index (χ0) is 14.6. The summed E-state index contributed by atoms with van der Waals surface area (Å²) >= 11 is 0. The van der Waals surface area contributed by atoms with Crippen molar-refractivity contribution in [3.8, 4) is 0 Å². The number of nitrogens with zero attached hydrogens (tertiary/aromatic N) is 3. The highest BCUT2D eigenvalue weighted by molar-refractivity contribution is 7.88. The first-order valence-electron chi connectivity index (χ1n) is 6.44. The van der Waals surface area contributed by atoms with Crippen LogP contribution < -0.4 is 4.72 Å². The molecular formula is C12H18N4O3S. The molecule has 0 saturated carbocycles. The summed E-state index contributed by atoms with van der Waals surface area (Å²) < 4.78 is 24.1. The minimum atomic E-state index is -3.33. The van der Waals surface area contributed by atoms with Gasteiger partial charge in [-0.15, -0.1) is 0 Å². The van der Waals surface area contributed by atoms with E-state index in [2.05, 4.69) is 14.7 Å². The van der Waals surface area contributed by atoms with Gasteiger partial charge in [0.2, 0.25) is 15.9 Å². The maximum absolute atomic E-state index is 11.9. The van der Waals surface area contributed by atoms with Crippen LogP contribution in [0.3, 0.4) is 0 Å². The molecule has 0 radical (unpaired) electrons. The molecule has 1 N–H and O–H groups in total. The molecule has 0 bridgehead atoms. The molecule has 1 fully saturated rings. The lowest BCUT2D eigenvalue weighted by Gasteiger charge is -2.31. The minimum Gasteiger partial charge on any atom is -0.342 e. The first-order valence-corrected chi connectivity index (χ1v) is 8.33. The Morgan fingerprint density at radius 3 is 2.65 bits per heavy atom. The Morgan fingerprint density at radius 2 is 2.10 bits per heavy atom. The van der Waals surface area contributed by atoms with E-state index >= 15 is 0 Å². The Labute approximate surface area is 118 Å². The maximum atomic E-state index is 11.9. The monoisotopic (exact) mass is 298 g/mol. The smallest absolute Gasteiger partial charge is 0.237 e. The number of carbonyl (C=O) groups is 1. The molecule has 1 aromatic heterocycles. The van der Waals surface area contributed by atoms with Crippen molar-refractivity contribution < 1.29 is 13.2 Å². The van der Waals surface area contributed by atoms with Crippen molar-refractivity contribution in [1.82, 2.24) is 19.6 Å². The molecule has 2 rings (SSSR count). The first kappa shape index (κ1) is 14.9. The van der Waals surface area contributed by atoms with Gasteiger partial charge in [-0.25, -0.2) is 13.1 Å². The number of hydrogen-bond acceptors (Lipinski definition) is 5. The lowest BCUT2D eigenvalue weighted by molar-refractivity contribution is -0.130. The van der Waals surface area contributed by atoms with Crippen molar-refractivity contribution in [3.05, 3.63) is 24.3 Å². The van der Waals surface area contributed by atoms with E-state index < -0.39 is 10.0 Å². The normalized spacial score (nSPS) is 17.1. The van der Waals surface area contributed by atoms with E-state index in [1.165, 1.54) is 0 Å². The molecule has 0 aliphatic carbocycles. The molecule has 110 valence electrons. The SMILES string of the molecule is CS(=O)(=O)NCC(=O)N1CCC(c2cnccn2)CC1. The summed E-state index contributed by atoms with van der Waals surface area (Å²) in [6.45, 7) is 1.06. The Hall–Kier alpha value is -1.54. The minimum absolute atomic E-state index is 0.172. The number of amides is 1. The van der Waals surface area contributed by atoms with Crippen LogP contribution in [0.15, 0.2) is 18.6 Å². The third-order valence-corrected chi connectivity index (χ3v) is 4.00. The molecule has 8 heteroatoms. The van der Waals surface area contributed by atoms with E-state index in [1.807, 2.05) is 0 Å². The van der Waals surface area contributed by atoms with Crippen molar-refractivity contribution in [1.29, 1.82) is 0 Å². The fourth-order valence-corrected chi connectivity index (χ4v) is 2.64. The number of rotatable bonds is 4. The molecule has 0 spiro atoms. The molecule has 0 aromatic carbocycles. The van der Waals surface area contributed by atoms with Crippen LogP contribution in [-0.4, -0.2) is 55.1 Å². The van der Waals surface area contributed by atoms with Gasteiger partial charge in [-0.3, -0.25) is 14.8 Å². The van der Waals surface area contributed by atoms with Gasteiger partial charge in [0.15, 0.2) is 0 Å². The Balaban J connectivity index is 1.84. The van der Waals surface area contributed by atoms with Crippen LogP contribution in [0.5, 0.6) is 0 Å². The van der Waals surface area contributed by atoms with Crippen molar-refractivity contribution >= 4 is 15.9 Å². The zero-order valence-corrected chi connectivity index (χ0v) is 12.1. The highest BCUT2D eigenvalue weighted by Gasteiger charge is 2.24. The number of aromatic nitrogens is 2. The summed E-state index contributed by atoms with van der Waals surface area (Å²) in [5.74, 6) is 0.128. The summed E-state index contributed by atoms with van der Waals surface area (Å²) in [7, 11) is -3.33. The number of likely N-dealkylation sites (tertiary alicyclic amines) is 1. The van der Waals surface area contributed by atoms with E-state index in [1.54, 1.807) is 23.5 Å². The predicted octanol–water partition coefficient (Wildman–Crippen LogP) is -0.268. The lowest BCUT2D eigenvalue weighted by atomic mass is 9.94. The second-order valence-corrected chi connectivity index (χ2v) is 6.71. The lowest BCUT2D eigenvalue weighted by Crippen LogP contribution is -2.43. The fourth-order valence-electron chi connectivity index (χ4n) is 2.25. The van der Waals surface area contributed by atoms with Crippen molar-refractivity contribution in [2.45, 2.75) is 18.8 Å². The quantitative estimate of drug-likeness (QED) is 0.826. The largest absolute Gasteiger partial charge is 0.342 e. The number of sulfonamides is 1. The fraction of sp³-hybridized carbons (Fsp3) is 0.583. The first-order chi connectivity index (χ1) is 9.46. The standard InChI is InChI=1S/C12H18N4O3S/c1-20(18,19)15-9-12(17)16-6-2-10(3-7-16)11-8-13-4-5-14-11/h4-5,8,10,15H,2-3,6-7,9H2,1H3. The van der Waals surface area contributed by atoms with Gasteiger partial charge in [-0.05, 0) is 12.8 Å². The van der Waals surface area contributed by atoms with Gasteiger partial charge >= 0.3 is 0 Å². The molecule has 20 heavy (non-hydrogen) atoms. The van der Waals surface area contributed by atoms with E-state index in [4.69, 9.17) is 0 Å². The van der Waals surface area contributed by atoms with Gasteiger partial charge in [0.05, 0.1) is 18.5 Å².